The second-order valence-corrected chi connectivity index (χ2v) is 9.58. The third kappa shape index (κ3) is 6.23. The zero-order valence-electron chi connectivity index (χ0n) is 18.9. The summed E-state index contributed by atoms with van der Waals surface area (Å²) in [5.74, 6) is -2.30. The largest absolute Gasteiger partial charge is 0.418 e. The van der Waals surface area contributed by atoms with Gasteiger partial charge in [-0.2, -0.15) is 13.2 Å². The van der Waals surface area contributed by atoms with Gasteiger partial charge in [0.1, 0.15) is 6.61 Å². The van der Waals surface area contributed by atoms with Gasteiger partial charge in [0.25, 0.3) is 11.8 Å². The van der Waals surface area contributed by atoms with Crippen LogP contribution in [0.2, 0.25) is 0 Å². The SMILES string of the molecule is CC(C)(C)CN(C1CC1)[C@H](C(N)=O)C(=O)Nc1ccc(N2CCOCC2=O)cc1C(F)(F)F. The summed E-state index contributed by atoms with van der Waals surface area (Å²) in [5, 5.41) is 2.26. The van der Waals surface area contributed by atoms with Crippen LogP contribution in [0.15, 0.2) is 18.2 Å². The van der Waals surface area contributed by atoms with Crippen molar-refractivity contribution in [1.29, 1.82) is 0 Å². The van der Waals surface area contributed by atoms with E-state index in [1.807, 2.05) is 20.8 Å². The van der Waals surface area contributed by atoms with E-state index in [9.17, 15) is 27.6 Å². The molecule has 1 saturated carbocycles. The van der Waals surface area contributed by atoms with E-state index in [2.05, 4.69) is 5.32 Å². The van der Waals surface area contributed by atoms with Crippen molar-refractivity contribution in [3.8, 4) is 0 Å². The Morgan fingerprint density at radius 3 is 2.45 bits per heavy atom. The Morgan fingerprint density at radius 1 is 1.27 bits per heavy atom. The molecule has 3 N–H and O–H groups in total. The van der Waals surface area contributed by atoms with Crippen LogP contribution in [0, 0.1) is 5.41 Å². The monoisotopic (exact) mass is 470 g/mol. The Balaban J connectivity index is 1.90. The predicted molar refractivity (Wildman–Crippen MR) is 115 cm³/mol. The number of carbonyl (C=O) groups excluding carboxylic acids is 3. The Morgan fingerprint density at radius 2 is 1.94 bits per heavy atom. The molecule has 0 radical (unpaired) electrons. The first-order chi connectivity index (χ1) is 15.3. The molecule has 2 fully saturated rings. The van der Waals surface area contributed by atoms with E-state index in [0.29, 0.717) is 6.54 Å². The molecule has 0 unspecified atom stereocenters. The quantitative estimate of drug-likeness (QED) is 0.596. The number of benzene rings is 1. The van der Waals surface area contributed by atoms with Gasteiger partial charge in [-0.3, -0.25) is 19.3 Å². The fourth-order valence-electron chi connectivity index (χ4n) is 3.86. The summed E-state index contributed by atoms with van der Waals surface area (Å²) in [6.45, 7) is 6.29. The molecule has 1 aliphatic heterocycles. The maximum absolute atomic E-state index is 13.8. The first-order valence-corrected chi connectivity index (χ1v) is 10.7. The number of nitrogens with one attached hydrogen (secondary N) is 1. The van der Waals surface area contributed by atoms with Gasteiger partial charge in [0, 0.05) is 24.8 Å². The van der Waals surface area contributed by atoms with E-state index < -0.39 is 41.2 Å². The van der Waals surface area contributed by atoms with Crippen LogP contribution in [-0.4, -0.2) is 61.0 Å². The van der Waals surface area contributed by atoms with E-state index in [-0.39, 0.29) is 36.9 Å². The van der Waals surface area contributed by atoms with Crippen molar-refractivity contribution in [3.05, 3.63) is 23.8 Å². The van der Waals surface area contributed by atoms with Gasteiger partial charge in [-0.05, 0) is 36.5 Å². The van der Waals surface area contributed by atoms with Crippen LogP contribution in [-0.2, 0) is 25.3 Å². The van der Waals surface area contributed by atoms with Gasteiger partial charge >= 0.3 is 6.18 Å². The predicted octanol–water partition coefficient (Wildman–Crippen LogP) is 2.37. The van der Waals surface area contributed by atoms with Crippen LogP contribution in [0.3, 0.4) is 0 Å². The average molecular weight is 470 g/mol. The van der Waals surface area contributed by atoms with Gasteiger partial charge in [0.2, 0.25) is 5.91 Å². The van der Waals surface area contributed by atoms with Gasteiger partial charge in [-0.25, -0.2) is 0 Å². The lowest BCUT2D eigenvalue weighted by molar-refractivity contribution is -0.137. The molecule has 33 heavy (non-hydrogen) atoms. The van der Waals surface area contributed by atoms with Gasteiger partial charge in [0.05, 0.1) is 17.9 Å². The molecule has 1 saturated heterocycles. The molecule has 8 nitrogen and oxygen atoms in total. The van der Waals surface area contributed by atoms with Crippen LogP contribution < -0.4 is 16.0 Å². The number of ether oxygens (including phenoxy) is 1. The number of nitrogens with two attached hydrogens (primary N) is 1. The Bertz CT molecular complexity index is 925. The minimum Gasteiger partial charge on any atom is -0.370 e. The molecule has 0 bridgehead atoms. The zero-order chi connectivity index (χ0) is 24.6. The fraction of sp³-hybridized carbons (Fsp3) is 0.591. The van der Waals surface area contributed by atoms with E-state index in [1.54, 1.807) is 4.90 Å². The highest BCUT2D eigenvalue weighted by molar-refractivity contribution is 6.10. The van der Waals surface area contributed by atoms with Gasteiger partial charge in [-0.15, -0.1) is 0 Å². The third-order valence-corrected chi connectivity index (χ3v) is 5.39. The second kappa shape index (κ2) is 9.30. The zero-order valence-corrected chi connectivity index (χ0v) is 18.9. The molecule has 1 heterocycles. The molecule has 0 aromatic heterocycles. The molecule has 2 aliphatic rings. The van der Waals surface area contributed by atoms with E-state index in [4.69, 9.17) is 10.5 Å². The van der Waals surface area contributed by atoms with Crippen LogP contribution in [0.4, 0.5) is 24.5 Å². The molecular weight excluding hydrogens is 441 g/mol. The number of nitrogens with zero attached hydrogens (tertiary/aromatic N) is 2. The summed E-state index contributed by atoms with van der Waals surface area (Å²) in [4.78, 5) is 40.2. The highest BCUT2D eigenvalue weighted by Gasteiger charge is 2.43. The summed E-state index contributed by atoms with van der Waals surface area (Å²) in [5.41, 5.74) is 3.68. The minimum absolute atomic E-state index is 0.0238. The number of hydrogen-bond acceptors (Lipinski definition) is 5. The number of amides is 3. The lowest BCUT2D eigenvalue weighted by Crippen LogP contribution is -2.55. The maximum atomic E-state index is 13.8. The fourth-order valence-corrected chi connectivity index (χ4v) is 3.86. The third-order valence-electron chi connectivity index (χ3n) is 5.39. The van der Waals surface area contributed by atoms with Crippen molar-refractivity contribution in [3.63, 3.8) is 0 Å². The van der Waals surface area contributed by atoms with E-state index in [0.717, 1.165) is 25.0 Å². The van der Waals surface area contributed by atoms with Crippen molar-refractivity contribution >= 4 is 29.1 Å². The molecule has 0 spiro atoms. The number of alkyl halides is 3. The number of morpholine rings is 1. The number of rotatable bonds is 7. The molecule has 1 aromatic rings. The van der Waals surface area contributed by atoms with Crippen molar-refractivity contribution < 1.29 is 32.3 Å². The summed E-state index contributed by atoms with van der Waals surface area (Å²) in [7, 11) is 0. The number of halogens is 3. The van der Waals surface area contributed by atoms with Crippen LogP contribution >= 0.6 is 0 Å². The van der Waals surface area contributed by atoms with Gasteiger partial charge in [-0.1, -0.05) is 20.8 Å². The van der Waals surface area contributed by atoms with Crippen molar-refractivity contribution in [2.75, 3.05) is 36.5 Å². The minimum atomic E-state index is -4.81. The summed E-state index contributed by atoms with van der Waals surface area (Å²) < 4.78 is 46.5. The van der Waals surface area contributed by atoms with Crippen molar-refractivity contribution in [1.82, 2.24) is 4.90 Å². The smallest absolute Gasteiger partial charge is 0.370 e. The topological polar surface area (TPSA) is 105 Å². The molecule has 1 atom stereocenters. The lowest BCUT2D eigenvalue weighted by Gasteiger charge is -2.34. The molecule has 3 amide bonds. The summed E-state index contributed by atoms with van der Waals surface area (Å²) in [6.07, 6.45) is -3.25. The number of hydrogen-bond donors (Lipinski definition) is 2. The maximum Gasteiger partial charge on any atom is 0.418 e. The Hall–Kier alpha value is -2.66. The van der Waals surface area contributed by atoms with E-state index in [1.165, 1.54) is 11.0 Å². The summed E-state index contributed by atoms with van der Waals surface area (Å²) in [6, 6.07) is 1.79. The first kappa shape index (κ1) is 25.0. The normalized spacial score (nSPS) is 18.4. The Labute approximate surface area is 190 Å². The Kier molecular flexibility index (Phi) is 7.04. The molecule has 182 valence electrons. The van der Waals surface area contributed by atoms with Crippen LogP contribution in [0.5, 0.6) is 0 Å². The molecule has 11 heteroatoms. The molecule has 3 rings (SSSR count). The first-order valence-electron chi connectivity index (χ1n) is 10.7. The molecular formula is C22H29F3N4O4. The highest BCUT2D eigenvalue weighted by atomic mass is 19.4. The van der Waals surface area contributed by atoms with Crippen LogP contribution in [0.1, 0.15) is 39.2 Å². The number of carbonyl (C=O) groups is 3. The molecule has 1 aromatic carbocycles. The highest BCUT2D eigenvalue weighted by Crippen LogP contribution is 2.38. The summed E-state index contributed by atoms with van der Waals surface area (Å²) >= 11 is 0. The van der Waals surface area contributed by atoms with Gasteiger partial charge in [0.15, 0.2) is 6.04 Å². The lowest BCUT2D eigenvalue weighted by atomic mass is 9.94. The second-order valence-electron chi connectivity index (χ2n) is 9.58. The van der Waals surface area contributed by atoms with E-state index >= 15 is 0 Å². The number of anilines is 2. The molecule has 1 aliphatic carbocycles. The van der Waals surface area contributed by atoms with Crippen LogP contribution in [0.25, 0.3) is 0 Å². The van der Waals surface area contributed by atoms with Crippen molar-refractivity contribution in [2.24, 2.45) is 11.1 Å². The average Bonchev–Trinajstić information content (AvgIpc) is 3.51. The number of primary amides is 1. The standard InChI is InChI=1S/C22H29F3N4O4/c1-21(2,3)12-29(13-4-5-13)18(19(26)31)20(32)27-16-7-6-14(10-15(16)22(23,24)25)28-8-9-33-11-17(28)30/h6-7,10,13,18H,4-5,8-9,11-12H2,1-3H3,(H2,26,31)(H,27,32)/t18-/m1/s1. The van der Waals surface area contributed by atoms with Gasteiger partial charge < -0.3 is 20.7 Å². The van der Waals surface area contributed by atoms with Crippen molar-refractivity contribution in [2.45, 2.75) is 51.9 Å².